The van der Waals surface area contributed by atoms with Crippen molar-refractivity contribution >= 4 is 5.91 Å². The van der Waals surface area contributed by atoms with E-state index in [0.717, 1.165) is 19.6 Å². The minimum Gasteiger partial charge on any atom is -0.391 e. The molecule has 0 aliphatic carbocycles. The van der Waals surface area contributed by atoms with Gasteiger partial charge in [0, 0.05) is 25.6 Å². The van der Waals surface area contributed by atoms with Gasteiger partial charge in [0.1, 0.15) is 0 Å². The van der Waals surface area contributed by atoms with Crippen molar-refractivity contribution in [2.45, 2.75) is 32.0 Å². The van der Waals surface area contributed by atoms with Crippen molar-refractivity contribution in [3.63, 3.8) is 0 Å². The van der Waals surface area contributed by atoms with Crippen LogP contribution in [0, 0.1) is 5.92 Å². The van der Waals surface area contributed by atoms with Gasteiger partial charge in [-0.3, -0.25) is 4.79 Å². The highest BCUT2D eigenvalue weighted by atomic mass is 16.5. The Bertz CT molecular complexity index is 231. The predicted octanol–water partition coefficient (Wildman–Crippen LogP) is 0.00460. The molecule has 2 fully saturated rings. The summed E-state index contributed by atoms with van der Waals surface area (Å²) in [6.45, 7) is 4.10. The van der Waals surface area contributed by atoms with Gasteiger partial charge in [0.15, 0.2) is 0 Å². The molecule has 3 atom stereocenters. The first-order valence-corrected chi connectivity index (χ1v) is 5.24. The Kier molecular flexibility index (Phi) is 2.74. The van der Waals surface area contributed by atoms with Gasteiger partial charge in [0.05, 0.1) is 18.6 Å². The standard InChI is InChI=1S/C10H17NO3/c1-7-8(2-3-14-7)5-11-6-9(12)4-10(11)13/h7-9,12H,2-6H2,1H3. The van der Waals surface area contributed by atoms with Crippen LogP contribution in [-0.4, -0.2) is 47.8 Å². The summed E-state index contributed by atoms with van der Waals surface area (Å²) in [5.41, 5.74) is 0. The number of amides is 1. The second-order valence-electron chi connectivity index (χ2n) is 4.28. The van der Waals surface area contributed by atoms with E-state index in [4.69, 9.17) is 4.74 Å². The zero-order valence-electron chi connectivity index (χ0n) is 8.48. The minimum absolute atomic E-state index is 0.0802. The normalized spacial score (nSPS) is 38.3. The van der Waals surface area contributed by atoms with Crippen LogP contribution in [0.4, 0.5) is 0 Å². The third-order valence-electron chi connectivity index (χ3n) is 3.18. The Morgan fingerprint density at radius 1 is 1.64 bits per heavy atom. The largest absolute Gasteiger partial charge is 0.391 e. The van der Waals surface area contributed by atoms with Crippen molar-refractivity contribution in [3.05, 3.63) is 0 Å². The minimum atomic E-state index is -0.458. The number of aliphatic hydroxyl groups is 1. The number of rotatable bonds is 2. The van der Waals surface area contributed by atoms with Crippen LogP contribution >= 0.6 is 0 Å². The number of β-amino-alcohol motifs (C(OH)–C–C–N with tert-alkyl or cyclic N) is 1. The van der Waals surface area contributed by atoms with Crippen LogP contribution in [0.25, 0.3) is 0 Å². The molecule has 0 radical (unpaired) electrons. The van der Waals surface area contributed by atoms with E-state index in [1.807, 2.05) is 0 Å². The summed E-state index contributed by atoms with van der Waals surface area (Å²) in [7, 11) is 0. The van der Waals surface area contributed by atoms with E-state index in [-0.39, 0.29) is 12.0 Å². The van der Waals surface area contributed by atoms with Crippen LogP contribution in [0.15, 0.2) is 0 Å². The number of likely N-dealkylation sites (tertiary alicyclic amines) is 1. The van der Waals surface area contributed by atoms with E-state index in [0.29, 0.717) is 18.9 Å². The molecule has 3 unspecified atom stereocenters. The summed E-state index contributed by atoms with van der Waals surface area (Å²) in [5, 5.41) is 9.32. The van der Waals surface area contributed by atoms with Crippen LogP contribution in [0.3, 0.4) is 0 Å². The van der Waals surface area contributed by atoms with Gasteiger partial charge in [-0.1, -0.05) is 0 Å². The molecule has 14 heavy (non-hydrogen) atoms. The maximum atomic E-state index is 11.4. The maximum Gasteiger partial charge on any atom is 0.225 e. The zero-order valence-corrected chi connectivity index (χ0v) is 8.48. The molecule has 2 heterocycles. The summed E-state index contributed by atoms with van der Waals surface area (Å²) in [5.74, 6) is 0.529. The third kappa shape index (κ3) is 1.91. The molecule has 0 spiro atoms. The number of carbonyl (C=O) groups excluding carboxylic acids is 1. The number of aliphatic hydroxyl groups excluding tert-OH is 1. The van der Waals surface area contributed by atoms with Crippen molar-refractivity contribution in [3.8, 4) is 0 Å². The Hall–Kier alpha value is -0.610. The second-order valence-corrected chi connectivity index (χ2v) is 4.28. The van der Waals surface area contributed by atoms with Crippen LogP contribution < -0.4 is 0 Å². The van der Waals surface area contributed by atoms with Crippen molar-refractivity contribution in [1.29, 1.82) is 0 Å². The number of hydrogen-bond acceptors (Lipinski definition) is 3. The summed E-state index contributed by atoms with van der Waals surface area (Å²) in [6.07, 6.45) is 1.11. The summed E-state index contributed by atoms with van der Waals surface area (Å²) < 4.78 is 5.44. The molecular formula is C10H17NO3. The van der Waals surface area contributed by atoms with E-state index in [9.17, 15) is 9.90 Å². The quantitative estimate of drug-likeness (QED) is 0.681. The molecule has 2 aliphatic rings. The molecule has 1 N–H and O–H groups in total. The van der Waals surface area contributed by atoms with Crippen LogP contribution in [0.1, 0.15) is 19.8 Å². The lowest BCUT2D eigenvalue weighted by atomic mass is 10.0. The van der Waals surface area contributed by atoms with E-state index < -0.39 is 6.10 Å². The average molecular weight is 199 g/mol. The molecule has 0 bridgehead atoms. The molecule has 2 saturated heterocycles. The zero-order chi connectivity index (χ0) is 10.1. The number of carbonyl (C=O) groups is 1. The second kappa shape index (κ2) is 3.87. The Labute approximate surface area is 83.8 Å². The van der Waals surface area contributed by atoms with Crippen LogP contribution in [0.5, 0.6) is 0 Å². The van der Waals surface area contributed by atoms with Gasteiger partial charge >= 0.3 is 0 Å². The van der Waals surface area contributed by atoms with Gasteiger partial charge < -0.3 is 14.7 Å². The van der Waals surface area contributed by atoms with Gasteiger partial charge in [-0.15, -0.1) is 0 Å². The fourth-order valence-electron chi connectivity index (χ4n) is 2.23. The van der Waals surface area contributed by atoms with Gasteiger partial charge in [0.25, 0.3) is 0 Å². The Balaban J connectivity index is 1.88. The lowest BCUT2D eigenvalue weighted by Gasteiger charge is -2.22. The van der Waals surface area contributed by atoms with Gasteiger partial charge in [-0.05, 0) is 13.3 Å². The monoisotopic (exact) mass is 199 g/mol. The SMILES string of the molecule is CC1OCCC1CN1CC(O)CC1=O. The molecule has 4 nitrogen and oxygen atoms in total. The first-order chi connectivity index (χ1) is 6.66. The summed E-state index contributed by atoms with van der Waals surface area (Å²) >= 11 is 0. The Morgan fingerprint density at radius 2 is 2.43 bits per heavy atom. The predicted molar refractivity (Wildman–Crippen MR) is 50.7 cm³/mol. The molecule has 4 heteroatoms. The highest BCUT2D eigenvalue weighted by molar-refractivity contribution is 5.79. The van der Waals surface area contributed by atoms with E-state index in [2.05, 4.69) is 6.92 Å². The van der Waals surface area contributed by atoms with Gasteiger partial charge in [-0.25, -0.2) is 0 Å². The lowest BCUT2D eigenvalue weighted by Crippen LogP contribution is -2.33. The maximum absolute atomic E-state index is 11.4. The first-order valence-electron chi connectivity index (χ1n) is 5.24. The molecule has 0 aromatic rings. The molecule has 0 aromatic heterocycles. The molecule has 0 saturated carbocycles. The average Bonchev–Trinajstić information content (AvgIpc) is 2.62. The van der Waals surface area contributed by atoms with Crippen LogP contribution in [0.2, 0.25) is 0 Å². The molecule has 2 rings (SSSR count). The number of ether oxygens (including phenoxy) is 1. The van der Waals surface area contributed by atoms with Gasteiger partial charge in [0.2, 0.25) is 5.91 Å². The summed E-state index contributed by atoms with van der Waals surface area (Å²) in [6, 6.07) is 0. The molecular weight excluding hydrogens is 182 g/mol. The van der Waals surface area contributed by atoms with Crippen LogP contribution in [-0.2, 0) is 9.53 Å². The highest BCUT2D eigenvalue weighted by Gasteiger charge is 2.33. The van der Waals surface area contributed by atoms with Gasteiger partial charge in [-0.2, -0.15) is 0 Å². The fourth-order valence-corrected chi connectivity index (χ4v) is 2.23. The van der Waals surface area contributed by atoms with Crippen molar-refractivity contribution in [2.75, 3.05) is 19.7 Å². The first kappa shape index (κ1) is 9.93. The topological polar surface area (TPSA) is 49.8 Å². The van der Waals surface area contributed by atoms with Crippen molar-refractivity contribution in [2.24, 2.45) is 5.92 Å². The molecule has 0 aromatic carbocycles. The van der Waals surface area contributed by atoms with E-state index in [1.165, 1.54) is 0 Å². The smallest absolute Gasteiger partial charge is 0.225 e. The third-order valence-corrected chi connectivity index (χ3v) is 3.18. The van der Waals surface area contributed by atoms with E-state index in [1.54, 1.807) is 4.90 Å². The highest BCUT2D eigenvalue weighted by Crippen LogP contribution is 2.23. The molecule has 1 amide bonds. The van der Waals surface area contributed by atoms with Crippen molar-refractivity contribution in [1.82, 2.24) is 4.90 Å². The number of nitrogens with zero attached hydrogens (tertiary/aromatic N) is 1. The lowest BCUT2D eigenvalue weighted by molar-refractivity contribution is -0.128. The Morgan fingerprint density at radius 3 is 2.93 bits per heavy atom. The molecule has 80 valence electrons. The summed E-state index contributed by atoms with van der Waals surface area (Å²) in [4.78, 5) is 13.2. The van der Waals surface area contributed by atoms with Crippen molar-refractivity contribution < 1.29 is 14.6 Å². The van der Waals surface area contributed by atoms with E-state index >= 15 is 0 Å². The number of hydrogen-bond donors (Lipinski definition) is 1. The fraction of sp³-hybridized carbons (Fsp3) is 0.900. The molecule has 2 aliphatic heterocycles.